The first-order chi connectivity index (χ1) is 9.23. The van der Waals surface area contributed by atoms with E-state index < -0.39 is 5.54 Å². The van der Waals surface area contributed by atoms with Gasteiger partial charge in [-0.25, -0.2) is 0 Å². The van der Waals surface area contributed by atoms with Crippen LogP contribution in [0.4, 0.5) is 0 Å². The molecule has 0 aliphatic heterocycles. The molecular formula is C15H15N3O. The number of hydrogen-bond acceptors (Lipinski definition) is 4. The van der Waals surface area contributed by atoms with E-state index >= 15 is 0 Å². The molecular weight excluding hydrogens is 238 g/mol. The molecule has 1 fully saturated rings. The van der Waals surface area contributed by atoms with Crippen LogP contribution in [0.5, 0.6) is 5.75 Å². The summed E-state index contributed by atoms with van der Waals surface area (Å²) in [5.74, 6) is 0.948. The highest BCUT2D eigenvalue weighted by molar-refractivity contribution is 5.84. The first-order valence-electron chi connectivity index (χ1n) is 6.39. The van der Waals surface area contributed by atoms with Crippen LogP contribution in [-0.2, 0) is 0 Å². The van der Waals surface area contributed by atoms with Crippen LogP contribution in [-0.4, -0.2) is 17.1 Å². The number of hydrogen-bond donors (Lipinski definition) is 1. The number of nitriles is 1. The maximum atomic E-state index is 9.22. The number of pyridine rings is 1. The lowest BCUT2D eigenvalue weighted by Crippen LogP contribution is -2.46. The summed E-state index contributed by atoms with van der Waals surface area (Å²) in [5.41, 5.74) is 6.02. The van der Waals surface area contributed by atoms with Crippen LogP contribution in [0.3, 0.4) is 0 Å². The van der Waals surface area contributed by atoms with Crippen LogP contribution in [0.2, 0.25) is 0 Å². The second-order valence-corrected chi connectivity index (χ2v) is 5.05. The van der Waals surface area contributed by atoms with E-state index in [1.54, 1.807) is 6.20 Å². The Morgan fingerprint density at radius 2 is 2.16 bits per heavy atom. The van der Waals surface area contributed by atoms with Crippen molar-refractivity contribution in [1.82, 2.24) is 4.98 Å². The highest BCUT2D eigenvalue weighted by atomic mass is 16.5. The summed E-state index contributed by atoms with van der Waals surface area (Å²) in [6, 6.07) is 11.8. The van der Waals surface area contributed by atoms with Crippen molar-refractivity contribution in [3.8, 4) is 11.8 Å². The molecule has 4 nitrogen and oxygen atoms in total. The van der Waals surface area contributed by atoms with E-state index in [-0.39, 0.29) is 12.5 Å². The van der Waals surface area contributed by atoms with Crippen molar-refractivity contribution >= 4 is 10.9 Å². The molecule has 19 heavy (non-hydrogen) atoms. The molecule has 2 aromatic rings. The molecule has 4 heteroatoms. The summed E-state index contributed by atoms with van der Waals surface area (Å²) >= 11 is 0. The Morgan fingerprint density at radius 1 is 1.37 bits per heavy atom. The summed E-state index contributed by atoms with van der Waals surface area (Å²) in [6.07, 6.45) is 3.76. The standard InChI is InChI=1S/C15H15N3O/c16-9-15(17,12-6-7-12)10-19-13-5-1-3-11-4-2-8-18-14(11)13/h1-5,8,12H,6-7,10,17H2. The quantitative estimate of drug-likeness (QED) is 0.907. The highest BCUT2D eigenvalue weighted by Gasteiger charge is 2.43. The molecule has 1 saturated carbocycles. The Balaban J connectivity index is 1.84. The molecule has 0 saturated heterocycles. The van der Waals surface area contributed by atoms with Crippen LogP contribution >= 0.6 is 0 Å². The lowest BCUT2D eigenvalue weighted by Gasteiger charge is -2.21. The van der Waals surface area contributed by atoms with Crippen molar-refractivity contribution in [1.29, 1.82) is 5.26 Å². The van der Waals surface area contributed by atoms with Crippen molar-refractivity contribution in [2.75, 3.05) is 6.61 Å². The molecule has 1 heterocycles. The molecule has 3 rings (SSSR count). The van der Waals surface area contributed by atoms with Gasteiger partial charge in [0.15, 0.2) is 0 Å². The molecule has 0 radical (unpaired) electrons. The third-order valence-corrected chi connectivity index (χ3v) is 3.58. The van der Waals surface area contributed by atoms with Crippen molar-refractivity contribution < 1.29 is 4.74 Å². The minimum absolute atomic E-state index is 0.212. The number of nitrogens with zero attached hydrogens (tertiary/aromatic N) is 2. The Labute approximate surface area is 111 Å². The third-order valence-electron chi connectivity index (χ3n) is 3.58. The van der Waals surface area contributed by atoms with Crippen molar-refractivity contribution in [2.45, 2.75) is 18.4 Å². The molecule has 0 amide bonds. The Kier molecular flexibility index (Phi) is 2.84. The molecule has 0 spiro atoms. The third kappa shape index (κ3) is 2.25. The fourth-order valence-corrected chi connectivity index (χ4v) is 2.23. The van der Waals surface area contributed by atoms with Gasteiger partial charge in [0.05, 0.1) is 6.07 Å². The molecule has 0 bridgehead atoms. The van der Waals surface area contributed by atoms with Gasteiger partial charge in [0.2, 0.25) is 0 Å². The smallest absolute Gasteiger partial charge is 0.145 e. The lowest BCUT2D eigenvalue weighted by molar-refractivity contribution is 0.239. The number of fused-ring (bicyclic) bond motifs is 1. The maximum absolute atomic E-state index is 9.22. The summed E-state index contributed by atoms with van der Waals surface area (Å²) in [4.78, 5) is 4.32. The van der Waals surface area contributed by atoms with E-state index in [2.05, 4.69) is 11.1 Å². The topological polar surface area (TPSA) is 71.9 Å². The number of ether oxygens (including phenoxy) is 1. The maximum Gasteiger partial charge on any atom is 0.145 e. The van der Waals surface area contributed by atoms with Gasteiger partial charge in [-0.2, -0.15) is 5.26 Å². The van der Waals surface area contributed by atoms with Gasteiger partial charge in [-0.3, -0.25) is 4.98 Å². The van der Waals surface area contributed by atoms with Crippen LogP contribution < -0.4 is 10.5 Å². The van der Waals surface area contributed by atoms with Gasteiger partial charge in [0.25, 0.3) is 0 Å². The summed E-state index contributed by atoms with van der Waals surface area (Å²) in [5, 5.41) is 10.2. The Morgan fingerprint density at radius 3 is 2.89 bits per heavy atom. The van der Waals surface area contributed by atoms with Gasteiger partial charge >= 0.3 is 0 Å². The van der Waals surface area contributed by atoms with E-state index in [9.17, 15) is 5.26 Å². The van der Waals surface area contributed by atoms with E-state index in [1.807, 2.05) is 30.3 Å². The molecule has 1 aromatic heterocycles. The Bertz CT molecular complexity index is 640. The van der Waals surface area contributed by atoms with E-state index in [1.165, 1.54) is 0 Å². The van der Waals surface area contributed by atoms with Crippen LogP contribution in [0.25, 0.3) is 10.9 Å². The minimum atomic E-state index is -0.878. The number of nitrogens with two attached hydrogens (primary N) is 1. The zero-order chi connectivity index (χ0) is 13.3. The van der Waals surface area contributed by atoms with Crippen LogP contribution in [0, 0.1) is 17.2 Å². The molecule has 2 N–H and O–H groups in total. The lowest BCUT2D eigenvalue weighted by atomic mass is 9.98. The molecule has 1 atom stereocenters. The summed E-state index contributed by atoms with van der Waals surface area (Å²) in [6.45, 7) is 0.212. The molecule has 1 aliphatic carbocycles. The van der Waals surface area contributed by atoms with Crippen LogP contribution in [0.15, 0.2) is 36.5 Å². The molecule has 1 unspecified atom stereocenters. The predicted octanol–water partition coefficient (Wildman–Crippen LogP) is 2.24. The molecule has 1 aliphatic rings. The molecule has 1 aromatic carbocycles. The summed E-state index contributed by atoms with van der Waals surface area (Å²) in [7, 11) is 0. The zero-order valence-corrected chi connectivity index (χ0v) is 10.5. The predicted molar refractivity (Wildman–Crippen MR) is 72.5 cm³/mol. The fraction of sp³-hybridized carbons (Fsp3) is 0.333. The average molecular weight is 253 g/mol. The normalized spacial score (nSPS) is 17.7. The first kappa shape index (κ1) is 11.9. The molecule has 96 valence electrons. The van der Waals surface area contributed by atoms with Gasteiger partial charge in [-0.05, 0) is 30.9 Å². The van der Waals surface area contributed by atoms with Gasteiger partial charge < -0.3 is 10.5 Å². The van der Waals surface area contributed by atoms with Crippen LogP contribution in [0.1, 0.15) is 12.8 Å². The highest BCUT2D eigenvalue weighted by Crippen LogP contribution is 2.38. The second kappa shape index (κ2) is 4.52. The SMILES string of the molecule is N#CC(N)(COc1cccc2cccnc12)C1CC1. The van der Waals surface area contributed by atoms with Gasteiger partial charge in [0, 0.05) is 11.6 Å². The van der Waals surface area contributed by atoms with Crippen molar-refractivity contribution in [3.05, 3.63) is 36.5 Å². The van der Waals surface area contributed by atoms with Crippen molar-refractivity contribution in [2.24, 2.45) is 11.7 Å². The van der Waals surface area contributed by atoms with Gasteiger partial charge in [-0.1, -0.05) is 18.2 Å². The monoisotopic (exact) mass is 253 g/mol. The number of benzene rings is 1. The van der Waals surface area contributed by atoms with Gasteiger partial charge in [-0.15, -0.1) is 0 Å². The Hall–Kier alpha value is -2.12. The van der Waals surface area contributed by atoms with Gasteiger partial charge in [0.1, 0.15) is 23.4 Å². The number of rotatable bonds is 4. The van der Waals surface area contributed by atoms with E-state index in [0.29, 0.717) is 5.75 Å². The fourth-order valence-electron chi connectivity index (χ4n) is 2.23. The number of aromatic nitrogens is 1. The largest absolute Gasteiger partial charge is 0.488 e. The van der Waals surface area contributed by atoms with E-state index in [4.69, 9.17) is 10.5 Å². The van der Waals surface area contributed by atoms with Crippen molar-refractivity contribution in [3.63, 3.8) is 0 Å². The van der Waals surface area contributed by atoms with E-state index in [0.717, 1.165) is 23.7 Å². The number of para-hydroxylation sites is 1. The first-order valence-corrected chi connectivity index (χ1v) is 6.39. The zero-order valence-electron chi connectivity index (χ0n) is 10.5. The minimum Gasteiger partial charge on any atom is -0.488 e. The second-order valence-electron chi connectivity index (χ2n) is 5.05. The summed E-state index contributed by atoms with van der Waals surface area (Å²) < 4.78 is 5.77. The average Bonchev–Trinajstić information content (AvgIpc) is 3.30.